The number of likely N-dealkylation sites (tertiary alicyclic amines) is 1. The number of ether oxygens (including phenoxy) is 5. The average molecular weight is 1120 g/mol. The Morgan fingerprint density at radius 2 is 1.06 bits per heavy atom. The molecule has 20 heteroatoms. The highest BCUT2D eigenvalue weighted by Crippen LogP contribution is 2.36. The van der Waals surface area contributed by atoms with E-state index in [-0.39, 0.29) is 63.2 Å². The lowest BCUT2D eigenvalue weighted by Crippen LogP contribution is -2.53. The zero-order valence-electron chi connectivity index (χ0n) is 45.4. The predicted octanol–water partition coefficient (Wildman–Crippen LogP) is 9.16. The Bertz CT molecular complexity index is 3400. The van der Waals surface area contributed by atoms with Crippen molar-refractivity contribution in [3.8, 4) is 56.8 Å². The second-order valence-corrected chi connectivity index (χ2v) is 24.8. The van der Waals surface area contributed by atoms with Crippen LogP contribution in [-0.2, 0) is 29.4 Å². The Kier molecular flexibility index (Phi) is 18.6. The number of ketones is 1. The van der Waals surface area contributed by atoms with Gasteiger partial charge in [0, 0.05) is 49.3 Å². The highest BCUT2D eigenvalue weighted by molar-refractivity contribution is 7.92. The molecule has 0 spiro atoms. The van der Waals surface area contributed by atoms with Crippen LogP contribution in [0.2, 0.25) is 0 Å². The number of hydrogen-bond donors (Lipinski definition) is 3. The van der Waals surface area contributed by atoms with Crippen LogP contribution >= 0.6 is 0 Å². The van der Waals surface area contributed by atoms with Crippen molar-refractivity contribution >= 4 is 43.5 Å². The molecule has 0 unspecified atom stereocenters. The minimum Gasteiger partial charge on any atom is -0.497 e. The van der Waals surface area contributed by atoms with Gasteiger partial charge in [-0.05, 0) is 133 Å². The van der Waals surface area contributed by atoms with Crippen LogP contribution in [0.1, 0.15) is 68.7 Å². The number of aliphatic hydroxyl groups is 1. The quantitative estimate of drug-likeness (QED) is 0.0820. The number of aliphatic hydroxyl groups excluding tert-OH is 1. The van der Waals surface area contributed by atoms with Crippen molar-refractivity contribution in [2.45, 2.75) is 69.4 Å². The van der Waals surface area contributed by atoms with E-state index in [0.29, 0.717) is 43.6 Å². The van der Waals surface area contributed by atoms with E-state index in [2.05, 4.69) is 5.32 Å². The van der Waals surface area contributed by atoms with Gasteiger partial charge in [-0.25, -0.2) is 26.4 Å². The van der Waals surface area contributed by atoms with Gasteiger partial charge in [-0.3, -0.25) is 14.4 Å². The number of benzene rings is 6. The monoisotopic (exact) mass is 1120 g/mol. The number of sulfonamides is 1. The summed E-state index contributed by atoms with van der Waals surface area (Å²) >= 11 is 0. The van der Waals surface area contributed by atoms with E-state index in [9.17, 15) is 41.1 Å². The number of β-amino-alcohol motifs (C(OH)–C–C–N with tert-alkyl or cyclic N) is 1. The summed E-state index contributed by atoms with van der Waals surface area (Å²) < 4.78 is 83.7. The molecule has 2 aliphatic rings. The van der Waals surface area contributed by atoms with Crippen molar-refractivity contribution in [2.75, 3.05) is 59.4 Å². The number of sulfone groups is 1. The second kappa shape index (κ2) is 24.9. The third-order valence-electron chi connectivity index (χ3n) is 12.2. The number of carbonyl (C=O) groups excluding carboxylic acids is 4. The highest BCUT2D eigenvalue weighted by Gasteiger charge is 2.33. The van der Waals surface area contributed by atoms with E-state index in [1.807, 2.05) is 92.2 Å². The number of carbonyl (C=O) groups is 4. The number of hydrogen-bond acceptors (Lipinski definition) is 14. The van der Waals surface area contributed by atoms with Crippen molar-refractivity contribution in [1.82, 2.24) is 19.8 Å². The molecule has 0 bridgehead atoms. The van der Waals surface area contributed by atoms with Gasteiger partial charge in [-0.15, -0.1) is 0 Å². The molecular weight excluding hydrogens is 1050 g/mol. The van der Waals surface area contributed by atoms with Crippen molar-refractivity contribution < 1.29 is 64.8 Å². The minimum absolute atomic E-state index is 0.0500. The summed E-state index contributed by atoms with van der Waals surface area (Å²) in [5.41, 5.74) is 2.76. The van der Waals surface area contributed by atoms with Crippen LogP contribution in [0, 0.1) is 5.41 Å². The van der Waals surface area contributed by atoms with Gasteiger partial charge in [0.25, 0.3) is 21.8 Å². The van der Waals surface area contributed by atoms with E-state index in [1.165, 1.54) is 35.2 Å². The average Bonchev–Trinajstić information content (AvgIpc) is 3.51. The van der Waals surface area contributed by atoms with Crippen molar-refractivity contribution in [1.29, 1.82) is 0 Å². The summed E-state index contributed by atoms with van der Waals surface area (Å²) in [6.07, 6.45) is -0.501. The van der Waals surface area contributed by atoms with Crippen LogP contribution in [-0.4, -0.2) is 126 Å². The molecule has 4 amide bonds. The van der Waals surface area contributed by atoms with Crippen LogP contribution in [0.15, 0.2) is 143 Å². The highest BCUT2D eigenvalue weighted by atomic mass is 32.2. The number of amides is 4. The number of rotatable bonds is 16. The van der Waals surface area contributed by atoms with Crippen LogP contribution in [0.5, 0.6) is 34.5 Å². The minimum atomic E-state index is -4.45. The van der Waals surface area contributed by atoms with Gasteiger partial charge in [0.15, 0.2) is 9.84 Å². The maximum atomic E-state index is 13.6. The fourth-order valence-electron chi connectivity index (χ4n) is 8.43. The van der Waals surface area contributed by atoms with Gasteiger partial charge in [0.2, 0.25) is 0 Å². The van der Waals surface area contributed by atoms with E-state index < -0.39 is 55.0 Å². The number of Topliss-reactive ketones (excluding diaryl/α,β-unsaturated/α-hetero) is 1. The number of nitrogens with one attached hydrogen (secondary N) is 2. The summed E-state index contributed by atoms with van der Waals surface area (Å²) in [5, 5.41) is 12.1. The zero-order chi connectivity index (χ0) is 57.3. The van der Waals surface area contributed by atoms with Crippen molar-refractivity contribution in [3.63, 3.8) is 0 Å². The molecule has 0 radical (unpaired) electrons. The lowest BCUT2D eigenvalue weighted by atomic mass is 9.90. The molecule has 2 aliphatic heterocycles. The molecular formula is C59H66N4O14S2. The normalized spacial score (nSPS) is 13.9. The molecule has 0 aliphatic carbocycles. The number of methoxy groups -OCH3 is 2. The topological polar surface area (TPSA) is 233 Å². The molecule has 6 aromatic carbocycles. The molecule has 79 heavy (non-hydrogen) atoms. The SMILES string of the molecule is COc1ccc(-c2cccc(Oc3ccc(C(=O)N4CC(O)C4)cc3S(=O)(=O)NC(=O)NC(C)(C)C)c2)cc1.COc1ccc(-c2cccc(Oc3ccc(C(=O)N4CCOCC4)cc3S(=O)(=O)CC(=O)CC(C)(C)C)c2)cc1. The summed E-state index contributed by atoms with van der Waals surface area (Å²) in [6, 6.07) is 36.7. The van der Waals surface area contributed by atoms with Gasteiger partial charge in [-0.1, -0.05) is 69.3 Å². The van der Waals surface area contributed by atoms with Crippen LogP contribution < -0.4 is 29.0 Å². The second-order valence-electron chi connectivity index (χ2n) is 21.2. The standard InChI is InChI=1S/C31H35NO7S.C28H31N3O7S/c1-31(2,3)20-25(33)21-40(35,36)29-19-24(30(34)32-14-16-38-17-15-32)10-13-28(29)39-27-7-5-6-23(18-27)22-8-11-26(37-4)12-9-22;1-28(2,3)29-27(34)30-39(35,36)25-15-20(26(33)31-16-21(32)17-31)10-13-24(25)38-23-7-5-6-19(14-23)18-8-11-22(37-4)12-9-18/h5-13,18-19H,14-17,20-21H2,1-4H3;5-15,21,32H,16-17H2,1-4H3,(H2,29,30,34). The smallest absolute Gasteiger partial charge is 0.329 e. The molecule has 2 fully saturated rings. The molecule has 6 aromatic rings. The zero-order valence-corrected chi connectivity index (χ0v) is 47.0. The van der Waals surface area contributed by atoms with Gasteiger partial charge in [0.05, 0.1) is 33.5 Å². The molecule has 8 rings (SSSR count). The lowest BCUT2D eigenvalue weighted by Gasteiger charge is -2.36. The molecule has 2 heterocycles. The molecule has 0 saturated carbocycles. The Hall–Kier alpha value is -7.78. The van der Waals surface area contributed by atoms with E-state index in [1.54, 1.807) is 76.3 Å². The van der Waals surface area contributed by atoms with Crippen LogP contribution in [0.25, 0.3) is 22.3 Å². The van der Waals surface area contributed by atoms with E-state index in [4.69, 9.17) is 23.7 Å². The van der Waals surface area contributed by atoms with Crippen molar-refractivity contribution in [2.24, 2.45) is 5.41 Å². The molecule has 0 atom stereocenters. The molecule has 3 N–H and O–H groups in total. The predicted molar refractivity (Wildman–Crippen MR) is 298 cm³/mol. The first-order valence-corrected chi connectivity index (χ1v) is 28.5. The molecule has 18 nitrogen and oxygen atoms in total. The summed E-state index contributed by atoms with van der Waals surface area (Å²) in [7, 11) is -5.39. The Morgan fingerprint density at radius 1 is 0.595 bits per heavy atom. The lowest BCUT2D eigenvalue weighted by molar-refractivity contribution is -0.118. The number of nitrogens with zero attached hydrogens (tertiary/aromatic N) is 2. The number of urea groups is 1. The Labute approximate surface area is 461 Å². The maximum Gasteiger partial charge on any atom is 0.329 e. The van der Waals surface area contributed by atoms with E-state index >= 15 is 0 Å². The van der Waals surface area contributed by atoms with Crippen molar-refractivity contribution in [3.05, 3.63) is 145 Å². The van der Waals surface area contributed by atoms with Crippen LogP contribution in [0.4, 0.5) is 4.79 Å². The van der Waals surface area contributed by atoms with E-state index in [0.717, 1.165) is 28.0 Å². The molecule has 2 saturated heterocycles. The fourth-order valence-corrected chi connectivity index (χ4v) is 10.9. The largest absolute Gasteiger partial charge is 0.497 e. The molecule has 418 valence electrons. The first-order valence-electron chi connectivity index (χ1n) is 25.4. The third-order valence-corrected chi connectivity index (χ3v) is 15.3. The Balaban J connectivity index is 0.000000229. The van der Waals surface area contributed by atoms with Gasteiger partial charge in [0.1, 0.15) is 55.8 Å². The maximum absolute atomic E-state index is 13.6. The fraction of sp³-hybridized carbons (Fsp3) is 0.322. The summed E-state index contributed by atoms with van der Waals surface area (Å²) in [5.74, 6) is 0.378. The van der Waals surface area contributed by atoms with Gasteiger partial charge in [-0.2, -0.15) is 0 Å². The first kappa shape index (κ1) is 58.9. The molecule has 0 aromatic heterocycles. The first-order chi connectivity index (χ1) is 37.3. The Morgan fingerprint density at radius 3 is 1.52 bits per heavy atom. The van der Waals surface area contributed by atoms with Gasteiger partial charge >= 0.3 is 6.03 Å². The number of morpholine rings is 1. The third kappa shape index (κ3) is 16.2. The summed E-state index contributed by atoms with van der Waals surface area (Å²) in [6.45, 7) is 12.8. The van der Waals surface area contributed by atoms with Crippen LogP contribution in [0.3, 0.4) is 0 Å². The summed E-state index contributed by atoms with van der Waals surface area (Å²) in [4.78, 5) is 53.6. The van der Waals surface area contributed by atoms with Gasteiger partial charge < -0.3 is 43.9 Å².